The first-order chi connectivity index (χ1) is 9.43. The number of nitrogens with one attached hydrogen (secondary N) is 1. The van der Waals surface area contributed by atoms with Gasteiger partial charge in [-0.3, -0.25) is 9.69 Å². The maximum atomic E-state index is 12.1. The second kappa shape index (κ2) is 8.25. The number of aliphatic hydroxyl groups excluding tert-OH is 1. The monoisotopic (exact) mass is 298 g/mol. The molecule has 0 aromatic heterocycles. The summed E-state index contributed by atoms with van der Waals surface area (Å²) < 4.78 is 0. The van der Waals surface area contributed by atoms with E-state index in [0.29, 0.717) is 24.5 Å². The predicted octanol–water partition coefficient (Wildman–Crippen LogP) is 2.68. The van der Waals surface area contributed by atoms with Crippen molar-refractivity contribution in [2.45, 2.75) is 33.2 Å². The van der Waals surface area contributed by atoms with E-state index in [4.69, 9.17) is 16.7 Å². The Morgan fingerprint density at radius 3 is 2.75 bits per heavy atom. The van der Waals surface area contributed by atoms with Crippen molar-refractivity contribution in [1.82, 2.24) is 4.90 Å². The van der Waals surface area contributed by atoms with Gasteiger partial charge in [0, 0.05) is 29.9 Å². The molecular formula is C15H23ClN2O2. The molecular weight excluding hydrogens is 276 g/mol. The molecule has 0 saturated heterocycles. The van der Waals surface area contributed by atoms with Crippen molar-refractivity contribution >= 4 is 23.2 Å². The average Bonchev–Trinajstić information content (AvgIpc) is 2.38. The summed E-state index contributed by atoms with van der Waals surface area (Å²) in [6.07, 6.45) is 0.668. The highest BCUT2D eigenvalue weighted by Gasteiger charge is 2.14. The molecule has 0 aliphatic rings. The lowest BCUT2D eigenvalue weighted by atomic mass is 10.2. The van der Waals surface area contributed by atoms with Gasteiger partial charge in [-0.15, -0.1) is 0 Å². The zero-order chi connectivity index (χ0) is 15.1. The molecule has 0 atom stereocenters. The molecule has 0 unspecified atom stereocenters. The Balaban J connectivity index is 2.63. The fourth-order valence-electron chi connectivity index (χ4n) is 1.90. The molecule has 0 radical (unpaired) electrons. The van der Waals surface area contributed by atoms with Gasteiger partial charge in [0.05, 0.1) is 6.54 Å². The van der Waals surface area contributed by atoms with Crippen molar-refractivity contribution in [3.8, 4) is 0 Å². The number of aliphatic hydroxyl groups is 1. The molecule has 0 saturated carbocycles. The lowest BCUT2D eigenvalue weighted by Gasteiger charge is -2.25. The smallest absolute Gasteiger partial charge is 0.238 e. The Bertz CT molecular complexity index is 449. The van der Waals surface area contributed by atoms with Crippen LogP contribution in [0.25, 0.3) is 0 Å². The summed E-state index contributed by atoms with van der Waals surface area (Å²) in [7, 11) is 0. The number of benzene rings is 1. The maximum Gasteiger partial charge on any atom is 0.238 e. The molecule has 1 amide bonds. The van der Waals surface area contributed by atoms with Crippen molar-refractivity contribution in [3.63, 3.8) is 0 Å². The summed E-state index contributed by atoms with van der Waals surface area (Å²) in [5.74, 6) is -0.0676. The maximum absolute atomic E-state index is 12.1. The molecule has 1 aromatic carbocycles. The van der Waals surface area contributed by atoms with Crippen LogP contribution in [-0.2, 0) is 4.79 Å². The van der Waals surface area contributed by atoms with Crippen LogP contribution in [0.5, 0.6) is 0 Å². The summed E-state index contributed by atoms with van der Waals surface area (Å²) in [5, 5.41) is 12.4. The van der Waals surface area contributed by atoms with Gasteiger partial charge in [-0.1, -0.05) is 17.7 Å². The Hall–Kier alpha value is -1.10. The first-order valence-corrected chi connectivity index (χ1v) is 7.22. The SMILES string of the molecule is Cc1ccc(Cl)cc1NC(=O)CN(CCCO)C(C)C. The third-order valence-corrected chi connectivity index (χ3v) is 3.39. The molecule has 2 N–H and O–H groups in total. The number of nitrogens with zero attached hydrogens (tertiary/aromatic N) is 1. The number of hydrogen-bond acceptors (Lipinski definition) is 3. The third kappa shape index (κ3) is 5.49. The summed E-state index contributed by atoms with van der Waals surface area (Å²) >= 11 is 5.94. The van der Waals surface area contributed by atoms with Gasteiger partial charge in [0.15, 0.2) is 0 Å². The Kier molecular flexibility index (Phi) is 6.99. The van der Waals surface area contributed by atoms with Gasteiger partial charge in [-0.25, -0.2) is 0 Å². The summed E-state index contributed by atoms with van der Waals surface area (Å²) in [6.45, 7) is 7.15. The van der Waals surface area contributed by atoms with Crippen LogP contribution in [0.15, 0.2) is 18.2 Å². The van der Waals surface area contributed by atoms with E-state index in [9.17, 15) is 4.79 Å². The van der Waals surface area contributed by atoms with Gasteiger partial charge in [0.2, 0.25) is 5.91 Å². The fraction of sp³-hybridized carbons (Fsp3) is 0.533. The molecule has 0 bridgehead atoms. The zero-order valence-corrected chi connectivity index (χ0v) is 13.1. The average molecular weight is 299 g/mol. The second-order valence-electron chi connectivity index (χ2n) is 5.15. The normalized spacial score (nSPS) is 11.2. The van der Waals surface area contributed by atoms with Crippen molar-refractivity contribution in [2.75, 3.05) is 25.0 Å². The first kappa shape index (κ1) is 17.0. The summed E-state index contributed by atoms with van der Waals surface area (Å²) in [6, 6.07) is 5.69. The summed E-state index contributed by atoms with van der Waals surface area (Å²) in [4.78, 5) is 14.1. The van der Waals surface area contributed by atoms with E-state index in [0.717, 1.165) is 11.3 Å². The number of anilines is 1. The minimum Gasteiger partial charge on any atom is -0.396 e. The minimum absolute atomic E-state index is 0.0676. The van der Waals surface area contributed by atoms with Gasteiger partial charge < -0.3 is 10.4 Å². The number of halogens is 1. The van der Waals surface area contributed by atoms with Crippen LogP contribution in [0.3, 0.4) is 0 Å². The molecule has 5 heteroatoms. The van der Waals surface area contributed by atoms with Gasteiger partial charge >= 0.3 is 0 Å². The van der Waals surface area contributed by atoms with Crippen molar-refractivity contribution in [3.05, 3.63) is 28.8 Å². The number of aryl methyl sites for hydroxylation is 1. The van der Waals surface area contributed by atoms with E-state index in [1.165, 1.54) is 0 Å². The molecule has 20 heavy (non-hydrogen) atoms. The highest BCUT2D eigenvalue weighted by molar-refractivity contribution is 6.31. The van der Waals surface area contributed by atoms with Gasteiger partial charge in [-0.2, -0.15) is 0 Å². The van der Waals surface area contributed by atoms with Crippen LogP contribution >= 0.6 is 11.6 Å². The quantitative estimate of drug-likeness (QED) is 0.814. The highest BCUT2D eigenvalue weighted by atomic mass is 35.5. The zero-order valence-electron chi connectivity index (χ0n) is 12.3. The van der Waals surface area contributed by atoms with Crippen molar-refractivity contribution in [1.29, 1.82) is 0 Å². The van der Waals surface area contributed by atoms with Crippen LogP contribution < -0.4 is 5.32 Å². The molecule has 0 aliphatic carbocycles. The lowest BCUT2D eigenvalue weighted by molar-refractivity contribution is -0.117. The van der Waals surface area contributed by atoms with Gasteiger partial charge in [0.1, 0.15) is 0 Å². The molecule has 0 spiro atoms. The number of carbonyl (C=O) groups excluding carboxylic acids is 1. The Morgan fingerprint density at radius 2 is 2.15 bits per heavy atom. The molecule has 4 nitrogen and oxygen atoms in total. The number of rotatable bonds is 7. The first-order valence-electron chi connectivity index (χ1n) is 6.85. The van der Waals surface area contributed by atoms with E-state index >= 15 is 0 Å². The van der Waals surface area contributed by atoms with Gasteiger partial charge in [0.25, 0.3) is 0 Å². The summed E-state index contributed by atoms with van der Waals surface area (Å²) in [5.41, 5.74) is 1.72. The van der Waals surface area contributed by atoms with Crippen LogP contribution in [0.1, 0.15) is 25.8 Å². The Labute approximate surface area is 125 Å². The number of hydrogen-bond donors (Lipinski definition) is 2. The van der Waals surface area contributed by atoms with E-state index in [2.05, 4.69) is 5.32 Å². The van der Waals surface area contributed by atoms with Gasteiger partial charge in [-0.05, 0) is 44.9 Å². The molecule has 0 fully saturated rings. The predicted molar refractivity (Wildman–Crippen MR) is 83.2 cm³/mol. The van der Waals surface area contributed by atoms with Crippen LogP contribution in [0.2, 0.25) is 5.02 Å². The molecule has 112 valence electrons. The minimum atomic E-state index is -0.0676. The lowest BCUT2D eigenvalue weighted by Crippen LogP contribution is -2.39. The van der Waals surface area contributed by atoms with Crippen molar-refractivity contribution < 1.29 is 9.90 Å². The van der Waals surface area contributed by atoms with E-state index < -0.39 is 0 Å². The fourth-order valence-corrected chi connectivity index (χ4v) is 2.07. The molecule has 0 heterocycles. The van der Waals surface area contributed by atoms with Crippen LogP contribution in [0.4, 0.5) is 5.69 Å². The number of amides is 1. The van der Waals surface area contributed by atoms with Crippen LogP contribution in [-0.4, -0.2) is 41.7 Å². The standard InChI is InChI=1S/C15H23ClN2O2/c1-11(2)18(7-4-8-19)10-15(20)17-14-9-13(16)6-5-12(14)3/h5-6,9,11,19H,4,7-8,10H2,1-3H3,(H,17,20). The van der Waals surface area contributed by atoms with Crippen LogP contribution in [0, 0.1) is 6.92 Å². The molecule has 1 rings (SSSR count). The molecule has 1 aromatic rings. The van der Waals surface area contributed by atoms with E-state index in [-0.39, 0.29) is 18.6 Å². The highest BCUT2D eigenvalue weighted by Crippen LogP contribution is 2.20. The van der Waals surface area contributed by atoms with Crippen molar-refractivity contribution in [2.24, 2.45) is 0 Å². The third-order valence-electron chi connectivity index (χ3n) is 3.15. The topological polar surface area (TPSA) is 52.6 Å². The largest absolute Gasteiger partial charge is 0.396 e. The second-order valence-corrected chi connectivity index (χ2v) is 5.59. The van der Waals surface area contributed by atoms with E-state index in [1.807, 2.05) is 31.7 Å². The molecule has 0 aliphatic heterocycles. The number of carbonyl (C=O) groups is 1. The van der Waals surface area contributed by atoms with E-state index in [1.54, 1.807) is 12.1 Å². The Morgan fingerprint density at radius 1 is 1.45 bits per heavy atom.